The lowest BCUT2D eigenvalue weighted by Crippen LogP contribution is -2.35. The molecule has 2 aromatic rings. The van der Waals surface area contributed by atoms with Crippen LogP contribution in [0, 0.1) is 11.7 Å². The zero-order valence-electron chi connectivity index (χ0n) is 13.9. The second-order valence-corrected chi connectivity index (χ2v) is 6.48. The van der Waals surface area contributed by atoms with Crippen LogP contribution in [0.25, 0.3) is 10.9 Å². The van der Waals surface area contributed by atoms with E-state index in [1.807, 2.05) is 11.8 Å². The predicted octanol–water partition coefficient (Wildman–Crippen LogP) is 3.10. The molecule has 0 amide bonds. The van der Waals surface area contributed by atoms with Crippen LogP contribution in [0.15, 0.2) is 23.1 Å². The van der Waals surface area contributed by atoms with E-state index in [9.17, 15) is 19.1 Å². The first-order valence-electron chi connectivity index (χ1n) is 8.27. The Hall–Kier alpha value is -2.37. The molecule has 128 valence electrons. The summed E-state index contributed by atoms with van der Waals surface area (Å²) in [5.41, 5.74) is 0.0867. The minimum absolute atomic E-state index is 0.114. The average molecular weight is 332 g/mol. The zero-order chi connectivity index (χ0) is 17.4. The van der Waals surface area contributed by atoms with Gasteiger partial charge in [0.15, 0.2) is 0 Å². The Morgan fingerprint density at radius 1 is 1.42 bits per heavy atom. The van der Waals surface area contributed by atoms with E-state index in [0.717, 1.165) is 25.9 Å². The lowest BCUT2D eigenvalue weighted by molar-refractivity contribution is 0.0695. The molecule has 0 radical (unpaired) electrons. The summed E-state index contributed by atoms with van der Waals surface area (Å²) in [6.07, 6.45) is 3.48. The quantitative estimate of drug-likeness (QED) is 0.938. The third-order valence-electron chi connectivity index (χ3n) is 4.72. The van der Waals surface area contributed by atoms with Crippen LogP contribution >= 0.6 is 0 Å². The minimum Gasteiger partial charge on any atom is -0.477 e. The van der Waals surface area contributed by atoms with Gasteiger partial charge >= 0.3 is 5.97 Å². The van der Waals surface area contributed by atoms with Crippen LogP contribution in [0.1, 0.15) is 37.0 Å². The predicted molar refractivity (Wildman–Crippen MR) is 91.4 cm³/mol. The van der Waals surface area contributed by atoms with Crippen LogP contribution in [0.5, 0.6) is 0 Å². The van der Waals surface area contributed by atoms with Gasteiger partial charge in [-0.1, -0.05) is 6.92 Å². The maximum atomic E-state index is 14.6. The Labute approximate surface area is 139 Å². The molecule has 1 aromatic carbocycles. The van der Waals surface area contributed by atoms with E-state index < -0.39 is 17.2 Å². The van der Waals surface area contributed by atoms with Gasteiger partial charge in [-0.2, -0.15) is 0 Å². The second-order valence-electron chi connectivity index (χ2n) is 6.48. The maximum Gasteiger partial charge on any atom is 0.341 e. The van der Waals surface area contributed by atoms with Crippen LogP contribution < -0.4 is 10.3 Å². The smallest absolute Gasteiger partial charge is 0.341 e. The van der Waals surface area contributed by atoms with Crippen molar-refractivity contribution in [1.29, 1.82) is 0 Å². The SMILES string of the molecule is CCn1cc(C(=O)O)c(=O)c2cc(F)c(N3CCCC(C)C3)cc21. The van der Waals surface area contributed by atoms with Gasteiger partial charge in [-0.3, -0.25) is 4.79 Å². The van der Waals surface area contributed by atoms with Crippen molar-refractivity contribution in [2.45, 2.75) is 33.2 Å². The van der Waals surface area contributed by atoms with E-state index in [1.165, 1.54) is 12.3 Å². The largest absolute Gasteiger partial charge is 0.477 e. The summed E-state index contributed by atoms with van der Waals surface area (Å²) in [5, 5.41) is 9.30. The van der Waals surface area contributed by atoms with Crippen LogP contribution in [0.2, 0.25) is 0 Å². The molecule has 1 aromatic heterocycles. The molecule has 1 N–H and O–H groups in total. The zero-order valence-corrected chi connectivity index (χ0v) is 13.9. The lowest BCUT2D eigenvalue weighted by Gasteiger charge is -2.33. The number of carbonyl (C=O) groups is 1. The number of fused-ring (bicyclic) bond motifs is 1. The Kier molecular flexibility index (Phi) is 4.30. The highest BCUT2D eigenvalue weighted by molar-refractivity contribution is 5.93. The van der Waals surface area contributed by atoms with Gasteiger partial charge in [-0.05, 0) is 37.8 Å². The molecule has 1 aliphatic rings. The molecule has 0 aliphatic carbocycles. The summed E-state index contributed by atoms with van der Waals surface area (Å²) >= 11 is 0. The number of halogens is 1. The highest BCUT2D eigenvalue weighted by Gasteiger charge is 2.22. The molecule has 24 heavy (non-hydrogen) atoms. The molecular weight excluding hydrogens is 311 g/mol. The van der Waals surface area contributed by atoms with E-state index in [1.54, 1.807) is 10.6 Å². The summed E-state index contributed by atoms with van der Waals surface area (Å²) < 4.78 is 16.3. The number of carboxylic acids is 1. The minimum atomic E-state index is -1.29. The Balaban J connectivity index is 2.22. The van der Waals surface area contributed by atoms with E-state index in [0.29, 0.717) is 23.7 Å². The van der Waals surface area contributed by atoms with E-state index in [2.05, 4.69) is 6.92 Å². The number of hydrogen-bond donors (Lipinski definition) is 1. The Morgan fingerprint density at radius 2 is 2.17 bits per heavy atom. The number of pyridine rings is 1. The summed E-state index contributed by atoms with van der Waals surface area (Å²) in [5.74, 6) is -1.27. The fraction of sp³-hybridized carbons (Fsp3) is 0.444. The van der Waals surface area contributed by atoms with E-state index in [-0.39, 0.29) is 10.9 Å². The van der Waals surface area contributed by atoms with Gasteiger partial charge in [0.05, 0.1) is 11.2 Å². The molecule has 1 saturated heterocycles. The molecule has 1 fully saturated rings. The molecular formula is C18H21FN2O3. The third kappa shape index (κ3) is 2.77. The average Bonchev–Trinajstić information content (AvgIpc) is 2.55. The van der Waals surface area contributed by atoms with Crippen LogP contribution in [0.3, 0.4) is 0 Å². The standard InChI is InChI=1S/C18H21FN2O3/c1-3-20-10-13(18(23)24)17(22)12-7-14(19)16(8-15(12)20)21-6-4-5-11(2)9-21/h7-8,10-11H,3-6,9H2,1-2H3,(H,23,24). The summed E-state index contributed by atoms with van der Waals surface area (Å²) in [4.78, 5) is 25.6. The van der Waals surface area contributed by atoms with Gasteiger partial charge in [0, 0.05) is 31.2 Å². The summed E-state index contributed by atoms with van der Waals surface area (Å²) in [6.45, 7) is 6.08. The number of benzene rings is 1. The molecule has 0 saturated carbocycles. The number of aromatic carboxylic acids is 1. The molecule has 1 aliphatic heterocycles. The topological polar surface area (TPSA) is 62.5 Å². The summed E-state index contributed by atoms with van der Waals surface area (Å²) in [7, 11) is 0. The first kappa shape index (κ1) is 16.5. The van der Waals surface area contributed by atoms with Gasteiger partial charge < -0.3 is 14.6 Å². The van der Waals surface area contributed by atoms with E-state index >= 15 is 0 Å². The highest BCUT2D eigenvalue weighted by atomic mass is 19.1. The van der Waals surface area contributed by atoms with Crippen molar-refractivity contribution in [2.24, 2.45) is 5.92 Å². The fourth-order valence-electron chi connectivity index (χ4n) is 3.46. The van der Waals surface area contributed by atoms with Gasteiger partial charge in [-0.25, -0.2) is 9.18 Å². The molecule has 1 unspecified atom stereocenters. The van der Waals surface area contributed by atoms with Gasteiger partial charge in [-0.15, -0.1) is 0 Å². The fourth-order valence-corrected chi connectivity index (χ4v) is 3.46. The van der Waals surface area contributed by atoms with Crippen LogP contribution in [-0.4, -0.2) is 28.7 Å². The van der Waals surface area contributed by atoms with Crippen molar-refractivity contribution >= 4 is 22.6 Å². The van der Waals surface area contributed by atoms with Crippen molar-refractivity contribution in [3.63, 3.8) is 0 Å². The molecule has 0 bridgehead atoms. The number of carboxylic acid groups (broad SMARTS) is 1. The summed E-state index contributed by atoms with van der Waals surface area (Å²) in [6, 6.07) is 2.87. The van der Waals surface area contributed by atoms with Crippen LogP contribution in [0.4, 0.5) is 10.1 Å². The number of rotatable bonds is 3. The number of nitrogens with zero attached hydrogens (tertiary/aromatic N) is 2. The number of hydrogen-bond acceptors (Lipinski definition) is 3. The van der Waals surface area contributed by atoms with E-state index in [4.69, 9.17) is 0 Å². The maximum absolute atomic E-state index is 14.6. The van der Waals surface area contributed by atoms with Gasteiger partial charge in [0.25, 0.3) is 0 Å². The van der Waals surface area contributed by atoms with Crippen molar-refractivity contribution in [3.8, 4) is 0 Å². The van der Waals surface area contributed by atoms with Crippen molar-refractivity contribution in [3.05, 3.63) is 39.9 Å². The monoisotopic (exact) mass is 332 g/mol. The molecule has 1 atom stereocenters. The third-order valence-corrected chi connectivity index (χ3v) is 4.72. The highest BCUT2D eigenvalue weighted by Crippen LogP contribution is 2.29. The number of piperidine rings is 1. The number of aromatic nitrogens is 1. The molecule has 5 nitrogen and oxygen atoms in total. The first-order valence-corrected chi connectivity index (χ1v) is 8.27. The van der Waals surface area contributed by atoms with Gasteiger partial charge in [0.1, 0.15) is 11.4 Å². The normalized spacial score (nSPS) is 18.1. The molecule has 3 rings (SSSR count). The van der Waals surface area contributed by atoms with Gasteiger partial charge in [0.2, 0.25) is 5.43 Å². The molecule has 2 heterocycles. The van der Waals surface area contributed by atoms with Crippen molar-refractivity contribution in [2.75, 3.05) is 18.0 Å². The lowest BCUT2D eigenvalue weighted by atomic mass is 9.99. The number of aryl methyl sites for hydroxylation is 1. The molecule has 0 spiro atoms. The van der Waals surface area contributed by atoms with Crippen LogP contribution in [-0.2, 0) is 6.54 Å². The Morgan fingerprint density at radius 3 is 2.79 bits per heavy atom. The number of anilines is 1. The first-order chi connectivity index (χ1) is 11.4. The van der Waals surface area contributed by atoms with Crippen molar-refractivity contribution in [1.82, 2.24) is 4.57 Å². The Bertz CT molecular complexity index is 859. The van der Waals surface area contributed by atoms with Crippen molar-refractivity contribution < 1.29 is 14.3 Å². The second kappa shape index (κ2) is 6.26. The molecule has 6 heteroatoms.